The van der Waals surface area contributed by atoms with Crippen LogP contribution in [0.15, 0.2) is 0 Å². The van der Waals surface area contributed by atoms with Crippen LogP contribution in [-0.4, -0.2) is 28.6 Å². The van der Waals surface area contributed by atoms with E-state index in [0.29, 0.717) is 17.9 Å². The summed E-state index contributed by atoms with van der Waals surface area (Å²) in [5.41, 5.74) is 3.94. The molecule has 0 aromatic carbocycles. The number of nitrogens with two attached hydrogens (primary N) is 1. The van der Waals surface area contributed by atoms with Gasteiger partial charge in [-0.3, -0.25) is 30.0 Å². The first kappa shape index (κ1) is 24.0. The van der Waals surface area contributed by atoms with Crippen molar-refractivity contribution in [3.63, 3.8) is 0 Å². The molecule has 0 heterocycles. The average Bonchev–Trinajstić information content (AvgIpc) is 2.64. The Balaban J connectivity index is 4.54. The van der Waals surface area contributed by atoms with Crippen LogP contribution in [0.3, 0.4) is 0 Å². The summed E-state index contributed by atoms with van der Waals surface area (Å²) in [5.74, 6) is 1.57. The average molecular weight is 370 g/mol. The molecule has 0 fully saturated rings. The van der Waals surface area contributed by atoms with E-state index in [2.05, 4.69) is 19.3 Å². The van der Waals surface area contributed by atoms with E-state index in [4.69, 9.17) is 5.84 Å². The molecule has 0 spiro atoms. The van der Waals surface area contributed by atoms with Gasteiger partial charge in [0.1, 0.15) is 0 Å². The van der Waals surface area contributed by atoms with Crippen LogP contribution in [0.5, 0.6) is 0 Å². The Morgan fingerprint density at radius 3 is 1.77 bits per heavy atom. The zero-order valence-electron chi connectivity index (χ0n) is 16.1. The van der Waals surface area contributed by atoms with Crippen LogP contribution < -0.4 is 16.7 Å². The van der Waals surface area contributed by atoms with Gasteiger partial charge < -0.3 is 0 Å². The molecule has 0 aliphatic heterocycles. The van der Waals surface area contributed by atoms with E-state index in [9.17, 15) is 19.2 Å². The summed E-state index contributed by atoms with van der Waals surface area (Å²) < 4.78 is 0. The lowest BCUT2D eigenvalue weighted by atomic mass is 10.1. The number of nitrogens with zero attached hydrogens (tertiary/aromatic N) is 1. The topological polar surface area (TPSA) is 122 Å². The zero-order chi connectivity index (χ0) is 19.8. The number of nitrogens with one attached hydrogen (secondary N) is 2. The molecule has 0 saturated heterocycles. The van der Waals surface area contributed by atoms with Gasteiger partial charge in [0.2, 0.25) is 11.8 Å². The summed E-state index contributed by atoms with van der Waals surface area (Å²) >= 11 is 0. The smallest absolute Gasteiger partial charge is 0.286 e. The van der Waals surface area contributed by atoms with Gasteiger partial charge in [0, 0.05) is 12.8 Å². The third kappa shape index (κ3) is 10.8. The maximum Gasteiger partial charge on any atom is 0.338 e. The largest absolute Gasteiger partial charge is 0.338 e. The Bertz CT molecular complexity index is 454. The summed E-state index contributed by atoms with van der Waals surface area (Å²) in [7, 11) is 0. The Hall–Kier alpha value is -1.96. The predicted octanol–water partition coefficient (Wildman–Crippen LogP) is 2.08. The van der Waals surface area contributed by atoms with Gasteiger partial charge in [0.25, 0.3) is 0 Å². The molecule has 4 amide bonds. The highest BCUT2D eigenvalue weighted by molar-refractivity contribution is 6.37. The van der Waals surface area contributed by atoms with Crippen molar-refractivity contribution in [1.82, 2.24) is 15.9 Å². The number of hydrazine groups is 2. The van der Waals surface area contributed by atoms with Crippen LogP contribution in [0.25, 0.3) is 0 Å². The van der Waals surface area contributed by atoms with Gasteiger partial charge in [0.15, 0.2) is 0 Å². The van der Waals surface area contributed by atoms with E-state index in [0.717, 1.165) is 51.4 Å². The molecule has 0 bridgehead atoms. The number of imide groups is 1. The molecule has 0 aromatic heterocycles. The van der Waals surface area contributed by atoms with Crippen molar-refractivity contribution >= 4 is 23.6 Å². The molecule has 0 aliphatic carbocycles. The van der Waals surface area contributed by atoms with E-state index in [1.165, 1.54) is 0 Å². The first-order valence-electron chi connectivity index (χ1n) is 9.65. The third-order valence-corrected chi connectivity index (χ3v) is 4.02. The molecule has 4 N–H and O–H groups in total. The molecule has 26 heavy (non-hydrogen) atoms. The minimum atomic E-state index is -1.18. The van der Waals surface area contributed by atoms with Gasteiger partial charge in [0.05, 0.1) is 0 Å². The van der Waals surface area contributed by atoms with E-state index in [-0.39, 0.29) is 12.8 Å². The molecule has 0 atom stereocenters. The van der Waals surface area contributed by atoms with E-state index in [1.807, 2.05) is 0 Å². The van der Waals surface area contributed by atoms with Crippen molar-refractivity contribution in [1.29, 1.82) is 0 Å². The molecule has 0 aromatic rings. The fraction of sp³-hybridized carbons (Fsp3) is 0.778. The summed E-state index contributed by atoms with van der Waals surface area (Å²) in [6.07, 6.45) is 9.75. The van der Waals surface area contributed by atoms with Gasteiger partial charge in [-0.1, -0.05) is 65.2 Å². The van der Waals surface area contributed by atoms with Gasteiger partial charge in [-0.2, -0.15) is 5.01 Å². The molecule has 0 rings (SSSR count). The summed E-state index contributed by atoms with van der Waals surface area (Å²) in [5, 5.41) is 0.496. The first-order valence-corrected chi connectivity index (χ1v) is 9.65. The lowest BCUT2D eigenvalue weighted by Gasteiger charge is -2.20. The zero-order valence-corrected chi connectivity index (χ0v) is 16.1. The molecular weight excluding hydrogens is 336 g/mol. The monoisotopic (exact) mass is 370 g/mol. The van der Waals surface area contributed by atoms with Gasteiger partial charge in [-0.25, -0.2) is 5.84 Å². The highest BCUT2D eigenvalue weighted by Gasteiger charge is 2.28. The highest BCUT2D eigenvalue weighted by atomic mass is 16.2. The third-order valence-electron chi connectivity index (χ3n) is 4.02. The first-order chi connectivity index (χ1) is 12.5. The molecular formula is C18H34N4O4. The van der Waals surface area contributed by atoms with Crippen molar-refractivity contribution in [2.45, 2.75) is 90.9 Å². The maximum absolute atomic E-state index is 12.3. The fourth-order valence-corrected chi connectivity index (χ4v) is 2.45. The molecule has 0 unspecified atom stereocenters. The Kier molecular flexibility index (Phi) is 14.2. The fourth-order valence-electron chi connectivity index (χ4n) is 2.45. The molecule has 0 radical (unpaired) electrons. The number of carbonyl (C=O) groups excluding carboxylic acids is 4. The molecule has 150 valence electrons. The van der Waals surface area contributed by atoms with Gasteiger partial charge in [-0.15, -0.1) is 0 Å². The van der Waals surface area contributed by atoms with Crippen LogP contribution in [-0.2, 0) is 19.2 Å². The normalized spacial score (nSPS) is 10.3. The number of rotatable bonds is 12. The molecule has 0 saturated carbocycles. The Morgan fingerprint density at radius 2 is 1.27 bits per heavy atom. The number of hydrogen-bond acceptors (Lipinski definition) is 5. The lowest BCUT2D eigenvalue weighted by Crippen LogP contribution is -2.55. The van der Waals surface area contributed by atoms with Crippen LogP contribution in [0, 0.1) is 0 Å². The van der Waals surface area contributed by atoms with Crippen molar-refractivity contribution in [2.24, 2.45) is 5.84 Å². The Labute approximate surface area is 156 Å². The Morgan fingerprint density at radius 1 is 0.769 bits per heavy atom. The summed E-state index contributed by atoms with van der Waals surface area (Å²) in [6.45, 7) is 4.20. The molecule has 8 heteroatoms. The van der Waals surface area contributed by atoms with Crippen molar-refractivity contribution in [2.75, 3.05) is 0 Å². The van der Waals surface area contributed by atoms with Crippen LogP contribution in [0.2, 0.25) is 0 Å². The number of amides is 4. The van der Waals surface area contributed by atoms with Crippen molar-refractivity contribution in [3.05, 3.63) is 0 Å². The SMILES string of the molecule is CCCCCCCC(=O)NN(C(=O)CCCCCCC)C(=O)C(=O)NN. The number of carbonyl (C=O) groups is 4. The van der Waals surface area contributed by atoms with Crippen LogP contribution in [0.4, 0.5) is 0 Å². The van der Waals surface area contributed by atoms with Crippen molar-refractivity contribution < 1.29 is 19.2 Å². The second-order valence-electron chi connectivity index (χ2n) is 6.37. The molecule has 8 nitrogen and oxygen atoms in total. The maximum atomic E-state index is 12.3. The minimum absolute atomic E-state index is 0.0874. The lowest BCUT2D eigenvalue weighted by molar-refractivity contribution is -0.158. The predicted molar refractivity (Wildman–Crippen MR) is 99.1 cm³/mol. The van der Waals surface area contributed by atoms with Gasteiger partial charge in [-0.05, 0) is 12.8 Å². The molecule has 0 aliphatic rings. The van der Waals surface area contributed by atoms with Crippen LogP contribution >= 0.6 is 0 Å². The minimum Gasteiger partial charge on any atom is -0.286 e. The van der Waals surface area contributed by atoms with Crippen LogP contribution in [0.1, 0.15) is 90.9 Å². The second kappa shape index (κ2) is 15.3. The number of unbranched alkanes of at least 4 members (excludes halogenated alkanes) is 8. The quantitative estimate of drug-likeness (QED) is 0.160. The highest BCUT2D eigenvalue weighted by Crippen LogP contribution is 2.08. The van der Waals surface area contributed by atoms with Crippen molar-refractivity contribution in [3.8, 4) is 0 Å². The van der Waals surface area contributed by atoms with E-state index < -0.39 is 23.6 Å². The summed E-state index contributed by atoms with van der Waals surface area (Å²) in [6, 6.07) is 0. The standard InChI is InChI=1S/C18H34N4O4/c1-3-5-7-9-11-13-15(23)21-22(18(26)17(25)20-19)16(24)14-12-10-8-6-4-2/h3-14,19H2,1-2H3,(H,20,25)(H,21,23). The van der Waals surface area contributed by atoms with Gasteiger partial charge >= 0.3 is 11.8 Å². The summed E-state index contributed by atoms with van der Waals surface area (Å²) in [4.78, 5) is 47.7. The van der Waals surface area contributed by atoms with E-state index in [1.54, 1.807) is 5.43 Å². The van der Waals surface area contributed by atoms with E-state index >= 15 is 0 Å². The number of hydrogen-bond donors (Lipinski definition) is 3. The second-order valence-corrected chi connectivity index (χ2v) is 6.37.